The van der Waals surface area contributed by atoms with Crippen molar-refractivity contribution in [1.29, 1.82) is 0 Å². The summed E-state index contributed by atoms with van der Waals surface area (Å²) < 4.78 is 11.8. The minimum atomic E-state index is -0.652. The molecule has 1 heterocycles. The maximum Gasteiger partial charge on any atom is 0.306 e. The van der Waals surface area contributed by atoms with Gasteiger partial charge in [0.1, 0.15) is 6.61 Å². The van der Waals surface area contributed by atoms with Crippen molar-refractivity contribution in [1.82, 2.24) is 5.32 Å². The van der Waals surface area contributed by atoms with Gasteiger partial charge in [-0.15, -0.1) is 0 Å². The van der Waals surface area contributed by atoms with Gasteiger partial charge in [-0.25, -0.2) is 0 Å². The fourth-order valence-electron chi connectivity index (χ4n) is 3.84. The molecule has 1 atom stereocenters. The maximum absolute atomic E-state index is 11.0. The zero-order valence-corrected chi connectivity index (χ0v) is 15.3. The zero-order valence-electron chi connectivity index (χ0n) is 15.3. The largest absolute Gasteiger partial charge is 0.485 e. The van der Waals surface area contributed by atoms with Crippen LogP contribution in [0.25, 0.3) is 0 Å². The normalized spacial score (nSPS) is 24.4. The number of ether oxygens (including phenoxy) is 2. The molecule has 0 amide bonds. The number of carbonyl (C=O) groups is 1. The lowest BCUT2D eigenvalue weighted by Gasteiger charge is -2.27. The molecule has 1 saturated carbocycles. The van der Waals surface area contributed by atoms with Gasteiger partial charge in [0.05, 0.1) is 5.92 Å². The van der Waals surface area contributed by atoms with Crippen LogP contribution < -0.4 is 14.8 Å². The molecule has 27 heavy (non-hydrogen) atoms. The number of carboxylic acid groups (broad SMARTS) is 1. The number of fused-ring (bicyclic) bond motifs is 1. The van der Waals surface area contributed by atoms with Crippen LogP contribution in [0.15, 0.2) is 48.5 Å². The van der Waals surface area contributed by atoms with Crippen LogP contribution in [0.2, 0.25) is 0 Å². The topological polar surface area (TPSA) is 67.8 Å². The van der Waals surface area contributed by atoms with Crippen molar-refractivity contribution in [2.45, 2.75) is 44.4 Å². The average molecular weight is 367 g/mol. The molecule has 5 heteroatoms. The van der Waals surface area contributed by atoms with Crippen LogP contribution in [0, 0.1) is 5.92 Å². The minimum Gasteiger partial charge on any atom is -0.485 e. The first kappa shape index (κ1) is 17.9. The summed E-state index contributed by atoms with van der Waals surface area (Å²) in [6.07, 6.45) is 3.32. The highest BCUT2D eigenvalue weighted by atomic mass is 16.6. The number of hydrogen-bond donors (Lipinski definition) is 2. The van der Waals surface area contributed by atoms with Crippen LogP contribution in [0.4, 0.5) is 0 Å². The van der Waals surface area contributed by atoms with Crippen molar-refractivity contribution < 1.29 is 19.4 Å². The number of carboxylic acids is 1. The van der Waals surface area contributed by atoms with Crippen molar-refractivity contribution in [2.24, 2.45) is 5.92 Å². The Labute approximate surface area is 159 Å². The van der Waals surface area contributed by atoms with E-state index in [1.165, 1.54) is 5.56 Å². The van der Waals surface area contributed by atoms with Crippen molar-refractivity contribution in [3.8, 4) is 11.5 Å². The van der Waals surface area contributed by atoms with Crippen LogP contribution in [0.3, 0.4) is 0 Å². The van der Waals surface area contributed by atoms with Gasteiger partial charge in [-0.05, 0) is 48.9 Å². The fourth-order valence-corrected chi connectivity index (χ4v) is 3.84. The summed E-state index contributed by atoms with van der Waals surface area (Å²) in [4.78, 5) is 11.0. The van der Waals surface area contributed by atoms with Crippen LogP contribution in [0.1, 0.15) is 42.9 Å². The first-order chi connectivity index (χ1) is 13.2. The van der Waals surface area contributed by atoms with Crippen molar-refractivity contribution in [3.63, 3.8) is 0 Å². The number of hydrogen-bond acceptors (Lipinski definition) is 4. The molecule has 0 radical (unpaired) electrons. The Bertz CT molecular complexity index is 781. The molecule has 1 fully saturated rings. The van der Waals surface area contributed by atoms with Gasteiger partial charge in [0, 0.05) is 12.6 Å². The van der Waals surface area contributed by atoms with Crippen LogP contribution in [0.5, 0.6) is 11.5 Å². The monoisotopic (exact) mass is 367 g/mol. The van der Waals surface area contributed by atoms with Gasteiger partial charge in [0.25, 0.3) is 0 Å². The highest BCUT2D eigenvalue weighted by Crippen LogP contribution is 2.35. The number of aliphatic carboxylic acids is 1. The third-order valence-electron chi connectivity index (χ3n) is 5.53. The number of benzene rings is 2. The van der Waals surface area contributed by atoms with E-state index in [9.17, 15) is 4.79 Å². The number of para-hydroxylation sites is 2. The van der Waals surface area contributed by atoms with E-state index in [0.29, 0.717) is 12.6 Å². The lowest BCUT2D eigenvalue weighted by Crippen LogP contribution is -2.34. The van der Waals surface area contributed by atoms with E-state index in [-0.39, 0.29) is 12.0 Å². The van der Waals surface area contributed by atoms with Gasteiger partial charge in [-0.2, -0.15) is 0 Å². The summed E-state index contributed by atoms with van der Waals surface area (Å²) in [5.41, 5.74) is 2.33. The Morgan fingerprint density at radius 1 is 1.00 bits per heavy atom. The molecule has 0 bridgehead atoms. The molecule has 5 nitrogen and oxygen atoms in total. The summed E-state index contributed by atoms with van der Waals surface area (Å²) in [6, 6.07) is 16.6. The molecule has 0 spiro atoms. The van der Waals surface area contributed by atoms with Crippen molar-refractivity contribution >= 4 is 5.97 Å². The molecule has 2 aromatic rings. The molecule has 0 unspecified atom stereocenters. The second-order valence-corrected chi connectivity index (χ2v) is 7.37. The number of nitrogens with one attached hydrogen (secondary N) is 1. The van der Waals surface area contributed by atoms with Gasteiger partial charge in [-0.3, -0.25) is 4.79 Å². The highest BCUT2D eigenvalue weighted by Gasteiger charge is 2.25. The maximum atomic E-state index is 11.0. The Hall–Kier alpha value is -2.53. The minimum absolute atomic E-state index is 0.0896. The third kappa shape index (κ3) is 4.25. The van der Waals surface area contributed by atoms with E-state index in [2.05, 4.69) is 29.6 Å². The molecule has 0 aromatic heterocycles. The highest BCUT2D eigenvalue weighted by molar-refractivity contribution is 5.70. The SMILES string of the molecule is O=C(O)C1CCC(NCc2ccc([C@H]3COc4ccccc4O3)cc2)CC1. The van der Waals surface area contributed by atoms with E-state index in [0.717, 1.165) is 49.3 Å². The first-order valence-electron chi connectivity index (χ1n) is 9.62. The van der Waals surface area contributed by atoms with Gasteiger partial charge in [0.2, 0.25) is 0 Å². The Morgan fingerprint density at radius 2 is 1.70 bits per heavy atom. The Kier molecular flexibility index (Phi) is 5.30. The second kappa shape index (κ2) is 8.01. The second-order valence-electron chi connectivity index (χ2n) is 7.37. The first-order valence-corrected chi connectivity index (χ1v) is 9.62. The average Bonchev–Trinajstić information content (AvgIpc) is 2.72. The van der Waals surface area contributed by atoms with Crippen LogP contribution >= 0.6 is 0 Å². The van der Waals surface area contributed by atoms with Crippen molar-refractivity contribution in [3.05, 3.63) is 59.7 Å². The Morgan fingerprint density at radius 3 is 2.41 bits per heavy atom. The summed E-state index contributed by atoms with van der Waals surface area (Å²) in [5, 5.41) is 12.6. The molecule has 4 rings (SSSR count). The molecule has 2 aromatic carbocycles. The van der Waals surface area contributed by atoms with Gasteiger partial charge in [0.15, 0.2) is 17.6 Å². The van der Waals surface area contributed by atoms with E-state index >= 15 is 0 Å². The van der Waals surface area contributed by atoms with Crippen LogP contribution in [-0.4, -0.2) is 23.7 Å². The number of rotatable bonds is 5. The van der Waals surface area contributed by atoms with Gasteiger partial charge in [-0.1, -0.05) is 36.4 Å². The van der Waals surface area contributed by atoms with Gasteiger partial charge < -0.3 is 19.9 Å². The summed E-state index contributed by atoms with van der Waals surface area (Å²) in [5.74, 6) is 0.773. The van der Waals surface area contributed by atoms with E-state index in [4.69, 9.17) is 14.6 Å². The summed E-state index contributed by atoms with van der Waals surface area (Å²) in [7, 11) is 0. The van der Waals surface area contributed by atoms with E-state index < -0.39 is 5.97 Å². The summed E-state index contributed by atoms with van der Waals surface area (Å²) >= 11 is 0. The lowest BCUT2D eigenvalue weighted by atomic mass is 9.86. The summed E-state index contributed by atoms with van der Waals surface area (Å²) in [6.45, 7) is 1.31. The third-order valence-corrected chi connectivity index (χ3v) is 5.53. The van der Waals surface area contributed by atoms with E-state index in [1.807, 2.05) is 24.3 Å². The predicted octanol–water partition coefficient (Wildman–Crippen LogP) is 3.93. The predicted molar refractivity (Wildman–Crippen MR) is 102 cm³/mol. The zero-order chi connectivity index (χ0) is 18.6. The molecule has 1 aliphatic heterocycles. The molecule has 142 valence electrons. The van der Waals surface area contributed by atoms with E-state index in [1.54, 1.807) is 0 Å². The lowest BCUT2D eigenvalue weighted by molar-refractivity contribution is -0.142. The van der Waals surface area contributed by atoms with Crippen LogP contribution in [-0.2, 0) is 11.3 Å². The van der Waals surface area contributed by atoms with Crippen molar-refractivity contribution in [2.75, 3.05) is 6.61 Å². The smallest absolute Gasteiger partial charge is 0.306 e. The molecule has 0 saturated heterocycles. The molecular weight excluding hydrogens is 342 g/mol. The molecule has 2 aliphatic rings. The fraction of sp³-hybridized carbons (Fsp3) is 0.409. The van der Waals surface area contributed by atoms with Gasteiger partial charge >= 0.3 is 5.97 Å². The quantitative estimate of drug-likeness (QED) is 0.838. The molecule has 2 N–H and O–H groups in total. The Balaban J connectivity index is 1.29. The molecular formula is C22H25NO4. The molecule has 1 aliphatic carbocycles. The standard InChI is InChI=1S/C22H25NO4/c24-22(25)17-9-11-18(12-10-17)23-13-15-5-7-16(8-6-15)21-14-26-19-3-1-2-4-20(19)27-21/h1-8,17-18,21,23H,9-14H2,(H,24,25)/t17?,18?,21-/m1/s1.